The number of nitrogens with zero attached hydrogens (tertiary/aromatic N) is 3. The molecule has 0 spiro atoms. The van der Waals surface area contributed by atoms with Crippen LogP contribution in [0.25, 0.3) is 0 Å². The molecule has 0 unspecified atom stereocenters. The summed E-state index contributed by atoms with van der Waals surface area (Å²) in [5.41, 5.74) is 0.654. The number of aryl methyl sites for hydroxylation is 1. The van der Waals surface area contributed by atoms with Crippen molar-refractivity contribution in [2.24, 2.45) is 0 Å². The second-order valence-electron chi connectivity index (χ2n) is 5.76. The van der Waals surface area contributed by atoms with Crippen molar-refractivity contribution < 1.29 is 14.4 Å². The van der Waals surface area contributed by atoms with Crippen LogP contribution < -0.4 is 5.32 Å². The molecule has 0 bridgehead atoms. The molecule has 0 amide bonds. The van der Waals surface area contributed by atoms with Crippen LogP contribution in [0.5, 0.6) is 0 Å². The Morgan fingerprint density at radius 2 is 2.05 bits per heavy atom. The van der Waals surface area contributed by atoms with Gasteiger partial charge in [-0.2, -0.15) is 4.98 Å². The van der Waals surface area contributed by atoms with Crippen molar-refractivity contribution >= 4 is 11.8 Å². The average Bonchev–Trinajstić information content (AvgIpc) is 2.81. The van der Waals surface area contributed by atoms with Gasteiger partial charge in [0, 0.05) is 18.0 Å². The van der Waals surface area contributed by atoms with E-state index in [0.29, 0.717) is 29.8 Å². The second-order valence-corrected chi connectivity index (χ2v) is 5.76. The highest BCUT2D eigenvalue weighted by atomic mass is 16.5. The summed E-state index contributed by atoms with van der Waals surface area (Å²) in [5, 5.41) is 16.0. The number of aromatic nitrogens is 3. The summed E-state index contributed by atoms with van der Waals surface area (Å²) in [6, 6.07) is 3.08. The van der Waals surface area contributed by atoms with E-state index in [-0.39, 0.29) is 11.0 Å². The molecule has 2 aromatic heterocycles. The summed E-state index contributed by atoms with van der Waals surface area (Å²) in [6.45, 7) is 7.96. The zero-order valence-electron chi connectivity index (χ0n) is 12.5. The molecule has 0 atom stereocenters. The molecule has 7 heteroatoms. The fourth-order valence-corrected chi connectivity index (χ4v) is 1.71. The van der Waals surface area contributed by atoms with Crippen molar-refractivity contribution in [1.29, 1.82) is 0 Å². The van der Waals surface area contributed by atoms with Crippen molar-refractivity contribution in [3.05, 3.63) is 35.1 Å². The molecule has 21 heavy (non-hydrogen) atoms. The largest absolute Gasteiger partial charge is 0.478 e. The SMILES string of the molecule is Cc1nc(CNc2cc(C(=O)O)cc(C(C)(C)C)n2)no1. The van der Waals surface area contributed by atoms with E-state index in [4.69, 9.17) is 4.52 Å². The maximum Gasteiger partial charge on any atom is 0.335 e. The Morgan fingerprint density at radius 1 is 1.33 bits per heavy atom. The molecular formula is C14H18N4O3. The van der Waals surface area contributed by atoms with E-state index in [1.165, 1.54) is 6.07 Å². The minimum atomic E-state index is -0.985. The number of anilines is 1. The van der Waals surface area contributed by atoms with E-state index >= 15 is 0 Å². The van der Waals surface area contributed by atoms with Gasteiger partial charge < -0.3 is 14.9 Å². The van der Waals surface area contributed by atoms with Crippen LogP contribution in [0.1, 0.15) is 48.5 Å². The van der Waals surface area contributed by atoms with Crippen LogP contribution in [0.2, 0.25) is 0 Å². The van der Waals surface area contributed by atoms with Gasteiger partial charge in [-0.15, -0.1) is 0 Å². The van der Waals surface area contributed by atoms with Crippen LogP contribution in [0.15, 0.2) is 16.7 Å². The number of pyridine rings is 1. The van der Waals surface area contributed by atoms with Crippen molar-refractivity contribution in [2.45, 2.75) is 39.7 Å². The van der Waals surface area contributed by atoms with Gasteiger partial charge in [0.15, 0.2) is 5.82 Å². The van der Waals surface area contributed by atoms with Crippen LogP contribution >= 0.6 is 0 Å². The molecule has 0 aliphatic heterocycles. The third kappa shape index (κ3) is 3.77. The lowest BCUT2D eigenvalue weighted by Gasteiger charge is -2.19. The fraction of sp³-hybridized carbons (Fsp3) is 0.429. The van der Waals surface area contributed by atoms with Gasteiger partial charge in [0.25, 0.3) is 0 Å². The summed E-state index contributed by atoms with van der Waals surface area (Å²) in [5.74, 6) is 0.463. The Bertz CT molecular complexity index is 658. The molecule has 0 saturated heterocycles. The average molecular weight is 290 g/mol. The van der Waals surface area contributed by atoms with E-state index in [9.17, 15) is 9.90 Å². The van der Waals surface area contributed by atoms with Crippen molar-refractivity contribution in [3.8, 4) is 0 Å². The maximum absolute atomic E-state index is 11.2. The third-order valence-electron chi connectivity index (χ3n) is 2.84. The number of hydrogen-bond donors (Lipinski definition) is 2. The number of rotatable bonds is 4. The monoisotopic (exact) mass is 290 g/mol. The summed E-state index contributed by atoms with van der Waals surface area (Å²) in [6.07, 6.45) is 0. The van der Waals surface area contributed by atoms with Crippen molar-refractivity contribution in [2.75, 3.05) is 5.32 Å². The highest BCUT2D eigenvalue weighted by Crippen LogP contribution is 2.23. The normalized spacial score (nSPS) is 11.4. The molecule has 0 radical (unpaired) electrons. The second kappa shape index (κ2) is 5.51. The minimum absolute atomic E-state index is 0.196. The Labute approximate surface area is 122 Å². The number of aromatic carboxylic acids is 1. The predicted molar refractivity (Wildman–Crippen MR) is 76.3 cm³/mol. The topological polar surface area (TPSA) is 101 Å². The Balaban J connectivity index is 2.25. The Kier molecular flexibility index (Phi) is 3.93. The van der Waals surface area contributed by atoms with Crippen LogP contribution in [-0.2, 0) is 12.0 Å². The summed E-state index contributed by atoms with van der Waals surface area (Å²) in [7, 11) is 0. The third-order valence-corrected chi connectivity index (χ3v) is 2.84. The van der Waals surface area contributed by atoms with Gasteiger partial charge >= 0.3 is 5.97 Å². The zero-order chi connectivity index (χ0) is 15.6. The first-order valence-corrected chi connectivity index (χ1v) is 6.54. The summed E-state index contributed by atoms with van der Waals surface area (Å²) < 4.78 is 4.88. The van der Waals surface area contributed by atoms with Crippen LogP contribution in [-0.4, -0.2) is 26.2 Å². The number of hydrogen-bond acceptors (Lipinski definition) is 6. The highest BCUT2D eigenvalue weighted by Gasteiger charge is 2.19. The molecule has 2 aromatic rings. The molecule has 0 saturated carbocycles. The highest BCUT2D eigenvalue weighted by molar-refractivity contribution is 5.88. The van der Waals surface area contributed by atoms with Gasteiger partial charge in [-0.3, -0.25) is 0 Å². The standard InChI is InChI=1S/C14H18N4O3/c1-8-16-12(18-21-8)7-15-11-6-9(13(19)20)5-10(17-11)14(2,3)4/h5-6H,7H2,1-4H3,(H,15,17)(H,19,20). The molecule has 0 aliphatic carbocycles. The fourth-order valence-electron chi connectivity index (χ4n) is 1.71. The molecular weight excluding hydrogens is 272 g/mol. The smallest absolute Gasteiger partial charge is 0.335 e. The van der Waals surface area contributed by atoms with Crippen LogP contribution in [0, 0.1) is 6.92 Å². The molecule has 2 heterocycles. The van der Waals surface area contributed by atoms with E-state index in [0.717, 1.165) is 0 Å². The lowest BCUT2D eigenvalue weighted by Crippen LogP contribution is -2.16. The van der Waals surface area contributed by atoms with E-state index in [1.54, 1.807) is 13.0 Å². The van der Waals surface area contributed by atoms with Crippen LogP contribution in [0.4, 0.5) is 5.82 Å². The first-order valence-electron chi connectivity index (χ1n) is 6.54. The molecule has 2 rings (SSSR count). The van der Waals surface area contributed by atoms with Crippen molar-refractivity contribution in [1.82, 2.24) is 15.1 Å². The Hall–Kier alpha value is -2.44. The van der Waals surface area contributed by atoms with E-state index < -0.39 is 5.97 Å². The van der Waals surface area contributed by atoms with E-state index in [1.807, 2.05) is 20.8 Å². The Morgan fingerprint density at radius 3 is 2.57 bits per heavy atom. The van der Waals surface area contributed by atoms with Crippen molar-refractivity contribution in [3.63, 3.8) is 0 Å². The summed E-state index contributed by atoms with van der Waals surface area (Å²) in [4.78, 5) is 19.7. The molecule has 7 nitrogen and oxygen atoms in total. The minimum Gasteiger partial charge on any atom is -0.478 e. The number of carboxylic acids is 1. The quantitative estimate of drug-likeness (QED) is 0.891. The first kappa shape index (κ1) is 15.0. The maximum atomic E-state index is 11.2. The lowest BCUT2D eigenvalue weighted by molar-refractivity contribution is 0.0696. The number of carbonyl (C=O) groups is 1. The molecule has 0 aromatic carbocycles. The van der Waals surface area contributed by atoms with Gasteiger partial charge in [0.05, 0.1) is 12.1 Å². The molecule has 0 aliphatic rings. The van der Waals surface area contributed by atoms with Crippen LogP contribution in [0.3, 0.4) is 0 Å². The molecule has 112 valence electrons. The predicted octanol–water partition coefficient (Wildman–Crippen LogP) is 2.38. The molecule has 0 fully saturated rings. The van der Waals surface area contributed by atoms with Gasteiger partial charge in [-0.05, 0) is 12.1 Å². The summed E-state index contributed by atoms with van der Waals surface area (Å²) >= 11 is 0. The van der Waals surface area contributed by atoms with E-state index in [2.05, 4.69) is 20.4 Å². The molecule has 2 N–H and O–H groups in total. The van der Waals surface area contributed by atoms with Gasteiger partial charge in [-0.25, -0.2) is 9.78 Å². The van der Waals surface area contributed by atoms with Gasteiger partial charge in [-0.1, -0.05) is 25.9 Å². The number of nitrogens with one attached hydrogen (secondary N) is 1. The zero-order valence-corrected chi connectivity index (χ0v) is 12.5. The first-order chi connectivity index (χ1) is 9.75. The van der Waals surface area contributed by atoms with Gasteiger partial charge in [0.2, 0.25) is 5.89 Å². The van der Waals surface area contributed by atoms with Gasteiger partial charge in [0.1, 0.15) is 5.82 Å². The number of carboxylic acid groups (broad SMARTS) is 1. The lowest BCUT2D eigenvalue weighted by atomic mass is 9.91.